The van der Waals surface area contributed by atoms with Crippen molar-refractivity contribution in [1.29, 1.82) is 0 Å². The molecule has 124 valence electrons. The molecule has 4 nitrogen and oxygen atoms in total. The fourth-order valence-electron chi connectivity index (χ4n) is 2.17. The second kappa shape index (κ2) is 6.66. The predicted octanol–water partition coefficient (Wildman–Crippen LogP) is 4.38. The molecular weight excluding hydrogens is 321 g/mol. The van der Waals surface area contributed by atoms with E-state index in [1.807, 2.05) is 0 Å². The molecule has 1 aromatic heterocycles. The summed E-state index contributed by atoms with van der Waals surface area (Å²) in [5.74, 6) is -1.52. The average molecular weight is 334 g/mol. The van der Waals surface area contributed by atoms with Gasteiger partial charge < -0.3 is 14.5 Å². The molecule has 0 atom stereocenters. The smallest absolute Gasteiger partial charge is 0.214 e. The summed E-state index contributed by atoms with van der Waals surface area (Å²) in [6, 6.07) is 8.04. The van der Waals surface area contributed by atoms with E-state index in [0.717, 1.165) is 12.1 Å². The molecule has 0 unspecified atom stereocenters. The number of hydrogen-bond donors (Lipinski definition) is 1. The molecular formula is C17H13F3N2O2. The second-order valence-corrected chi connectivity index (χ2v) is 4.92. The van der Waals surface area contributed by atoms with Gasteiger partial charge in [0.05, 0.1) is 31.1 Å². The third-order valence-corrected chi connectivity index (χ3v) is 3.36. The van der Waals surface area contributed by atoms with E-state index in [0.29, 0.717) is 0 Å². The van der Waals surface area contributed by atoms with Gasteiger partial charge in [0.25, 0.3) is 0 Å². The van der Waals surface area contributed by atoms with Crippen LogP contribution in [0.2, 0.25) is 0 Å². The Morgan fingerprint density at radius 2 is 1.88 bits per heavy atom. The zero-order valence-corrected chi connectivity index (χ0v) is 12.6. The van der Waals surface area contributed by atoms with Crippen LogP contribution >= 0.6 is 0 Å². The van der Waals surface area contributed by atoms with Gasteiger partial charge in [0, 0.05) is 12.1 Å². The summed E-state index contributed by atoms with van der Waals surface area (Å²) in [5, 5.41) is 2.68. The number of nitrogens with one attached hydrogen (secondary N) is 1. The molecule has 0 amide bonds. The zero-order valence-electron chi connectivity index (χ0n) is 12.6. The van der Waals surface area contributed by atoms with Gasteiger partial charge in [-0.3, -0.25) is 0 Å². The van der Waals surface area contributed by atoms with E-state index in [2.05, 4.69) is 10.3 Å². The molecule has 24 heavy (non-hydrogen) atoms. The van der Waals surface area contributed by atoms with E-state index in [1.54, 1.807) is 18.2 Å². The molecule has 1 heterocycles. The topological polar surface area (TPSA) is 47.3 Å². The molecule has 1 N–H and O–H groups in total. The fraction of sp³-hybridized carbons (Fsp3) is 0.118. The van der Waals surface area contributed by atoms with Crippen molar-refractivity contribution < 1.29 is 22.3 Å². The van der Waals surface area contributed by atoms with E-state index in [9.17, 15) is 13.2 Å². The van der Waals surface area contributed by atoms with Gasteiger partial charge >= 0.3 is 0 Å². The molecule has 0 spiro atoms. The van der Waals surface area contributed by atoms with Crippen LogP contribution in [0.4, 0.5) is 18.9 Å². The Hall–Kier alpha value is -2.96. The van der Waals surface area contributed by atoms with Gasteiger partial charge in [-0.1, -0.05) is 12.1 Å². The van der Waals surface area contributed by atoms with Crippen LogP contribution in [-0.2, 0) is 6.54 Å². The van der Waals surface area contributed by atoms with Crippen molar-refractivity contribution in [2.24, 2.45) is 0 Å². The second-order valence-electron chi connectivity index (χ2n) is 4.92. The van der Waals surface area contributed by atoms with E-state index >= 15 is 0 Å². The van der Waals surface area contributed by atoms with Crippen LogP contribution < -0.4 is 10.1 Å². The van der Waals surface area contributed by atoms with Crippen LogP contribution in [0.15, 0.2) is 47.0 Å². The highest BCUT2D eigenvalue weighted by Gasteiger charge is 2.13. The largest absolute Gasteiger partial charge is 0.494 e. The maximum atomic E-state index is 13.8. The summed E-state index contributed by atoms with van der Waals surface area (Å²) >= 11 is 0. The first kappa shape index (κ1) is 15.9. The molecule has 3 aromatic rings. The van der Waals surface area contributed by atoms with Gasteiger partial charge in [0.1, 0.15) is 11.6 Å². The molecule has 7 heteroatoms. The summed E-state index contributed by atoms with van der Waals surface area (Å²) in [7, 11) is 1.25. The summed E-state index contributed by atoms with van der Waals surface area (Å²) < 4.78 is 51.3. The normalized spacial score (nSPS) is 10.7. The van der Waals surface area contributed by atoms with E-state index in [1.165, 1.54) is 19.4 Å². The van der Waals surface area contributed by atoms with Crippen LogP contribution in [0, 0.1) is 17.5 Å². The van der Waals surface area contributed by atoms with Crippen LogP contribution in [-0.4, -0.2) is 12.1 Å². The Morgan fingerprint density at radius 3 is 2.62 bits per heavy atom. The van der Waals surface area contributed by atoms with Crippen molar-refractivity contribution in [2.45, 2.75) is 6.54 Å². The first-order chi connectivity index (χ1) is 11.6. The SMILES string of the molecule is COc1cc(F)c(NCc2ncc(-c3ccccc3F)o2)cc1F. The maximum absolute atomic E-state index is 13.8. The van der Waals surface area contributed by atoms with Crippen LogP contribution in [0.25, 0.3) is 11.3 Å². The number of aromatic nitrogens is 1. The zero-order chi connectivity index (χ0) is 17.1. The Kier molecular flexibility index (Phi) is 4.41. The summed E-state index contributed by atoms with van der Waals surface area (Å²) in [6.45, 7) is 0.0111. The minimum absolute atomic E-state index is 0.0111. The van der Waals surface area contributed by atoms with E-state index in [4.69, 9.17) is 9.15 Å². The lowest BCUT2D eigenvalue weighted by Gasteiger charge is -2.08. The molecule has 0 bridgehead atoms. The van der Waals surface area contributed by atoms with Crippen LogP contribution in [0.3, 0.4) is 0 Å². The highest BCUT2D eigenvalue weighted by Crippen LogP contribution is 2.26. The minimum Gasteiger partial charge on any atom is -0.494 e. The first-order valence-corrected chi connectivity index (χ1v) is 7.05. The van der Waals surface area contributed by atoms with Crippen molar-refractivity contribution in [3.05, 3.63) is 65.9 Å². The number of hydrogen-bond acceptors (Lipinski definition) is 4. The van der Waals surface area contributed by atoms with Gasteiger partial charge in [-0.15, -0.1) is 0 Å². The number of rotatable bonds is 5. The first-order valence-electron chi connectivity index (χ1n) is 7.05. The molecule has 2 aromatic carbocycles. The van der Waals surface area contributed by atoms with Crippen molar-refractivity contribution in [3.8, 4) is 17.1 Å². The Labute approximate surface area is 135 Å². The molecule has 0 aliphatic heterocycles. The molecule has 0 aliphatic carbocycles. The quantitative estimate of drug-likeness (QED) is 0.752. The van der Waals surface area contributed by atoms with Gasteiger partial charge in [0.2, 0.25) is 5.89 Å². The summed E-state index contributed by atoms with van der Waals surface area (Å²) in [4.78, 5) is 4.00. The van der Waals surface area contributed by atoms with E-state index < -0.39 is 17.5 Å². The van der Waals surface area contributed by atoms with Gasteiger partial charge in [-0.05, 0) is 12.1 Å². The third kappa shape index (κ3) is 3.19. The van der Waals surface area contributed by atoms with Crippen molar-refractivity contribution in [2.75, 3.05) is 12.4 Å². The number of halogens is 3. The molecule has 0 saturated carbocycles. The highest BCUT2D eigenvalue weighted by atomic mass is 19.1. The average Bonchev–Trinajstić information content (AvgIpc) is 3.04. The van der Waals surface area contributed by atoms with Gasteiger partial charge in [0.15, 0.2) is 17.3 Å². The number of nitrogens with zero attached hydrogens (tertiary/aromatic N) is 1. The number of ether oxygens (including phenoxy) is 1. The third-order valence-electron chi connectivity index (χ3n) is 3.36. The van der Waals surface area contributed by atoms with Crippen molar-refractivity contribution in [3.63, 3.8) is 0 Å². The van der Waals surface area contributed by atoms with Crippen molar-refractivity contribution in [1.82, 2.24) is 4.98 Å². The monoisotopic (exact) mass is 334 g/mol. The molecule has 0 aliphatic rings. The standard InChI is InChI=1S/C17H13F3N2O2/c1-23-15-7-12(19)14(6-13(15)20)21-9-17-22-8-16(24-17)10-4-2-3-5-11(10)18/h2-8,21H,9H2,1H3. The van der Waals surface area contributed by atoms with Crippen molar-refractivity contribution >= 4 is 5.69 Å². The number of methoxy groups -OCH3 is 1. The lowest BCUT2D eigenvalue weighted by molar-refractivity contribution is 0.383. The summed E-state index contributed by atoms with van der Waals surface area (Å²) in [5.41, 5.74) is 0.219. The highest BCUT2D eigenvalue weighted by molar-refractivity contribution is 5.57. The molecule has 0 saturated heterocycles. The lowest BCUT2D eigenvalue weighted by Crippen LogP contribution is -2.03. The minimum atomic E-state index is -0.694. The Bertz CT molecular complexity index is 865. The number of anilines is 1. The number of oxazole rings is 1. The fourth-order valence-corrected chi connectivity index (χ4v) is 2.17. The van der Waals surface area contributed by atoms with Gasteiger partial charge in [-0.25, -0.2) is 18.2 Å². The van der Waals surface area contributed by atoms with Crippen LogP contribution in [0.1, 0.15) is 5.89 Å². The molecule has 0 radical (unpaired) electrons. The summed E-state index contributed by atoms with van der Waals surface area (Å²) in [6.07, 6.45) is 1.38. The van der Waals surface area contributed by atoms with Crippen LogP contribution in [0.5, 0.6) is 5.75 Å². The predicted molar refractivity (Wildman–Crippen MR) is 82.1 cm³/mol. The number of benzene rings is 2. The molecule has 3 rings (SSSR count). The Morgan fingerprint density at radius 1 is 1.08 bits per heavy atom. The van der Waals surface area contributed by atoms with Gasteiger partial charge in [-0.2, -0.15) is 0 Å². The Balaban J connectivity index is 1.75. The lowest BCUT2D eigenvalue weighted by atomic mass is 10.2. The molecule has 0 fully saturated rings. The van der Waals surface area contributed by atoms with E-state index in [-0.39, 0.29) is 35.2 Å². The maximum Gasteiger partial charge on any atom is 0.214 e.